The molecule has 0 amide bonds. The molecule has 0 aliphatic carbocycles. The van der Waals surface area contributed by atoms with Gasteiger partial charge >= 0.3 is 7.12 Å². The number of fused-ring (bicyclic) bond motifs is 1. The topological polar surface area (TPSA) is 70.8 Å². The fourth-order valence-electron chi connectivity index (χ4n) is 3.57. The largest absolute Gasteiger partial charge is 0.490 e. The zero-order valence-electron chi connectivity index (χ0n) is 15.1. The number of anilines is 1. The van der Waals surface area contributed by atoms with Crippen LogP contribution in [-0.2, 0) is 11.3 Å². The summed E-state index contributed by atoms with van der Waals surface area (Å²) in [6.07, 6.45) is 0. The summed E-state index contributed by atoms with van der Waals surface area (Å²) >= 11 is 6.13. The molecule has 2 heterocycles. The molecule has 140 valence electrons. The molecule has 1 aliphatic rings. The Morgan fingerprint density at radius 2 is 1.96 bits per heavy atom. The van der Waals surface area contributed by atoms with Crippen molar-refractivity contribution >= 4 is 40.9 Å². The van der Waals surface area contributed by atoms with Gasteiger partial charge in [-0.2, -0.15) is 0 Å². The van der Waals surface area contributed by atoms with Crippen molar-refractivity contribution in [3.63, 3.8) is 0 Å². The van der Waals surface area contributed by atoms with Crippen molar-refractivity contribution in [2.24, 2.45) is 0 Å². The number of ether oxygens (including phenoxy) is 1. The molecule has 2 aromatic carbocycles. The normalized spacial score (nSPS) is 14.7. The van der Waals surface area contributed by atoms with Gasteiger partial charge in [-0.3, -0.25) is 0 Å². The summed E-state index contributed by atoms with van der Waals surface area (Å²) in [5.74, 6) is 0.811. The van der Waals surface area contributed by atoms with Crippen molar-refractivity contribution in [3.05, 3.63) is 52.8 Å². The van der Waals surface area contributed by atoms with Crippen LogP contribution in [0.25, 0.3) is 11.0 Å². The van der Waals surface area contributed by atoms with Crippen LogP contribution in [0, 0.1) is 6.92 Å². The second-order valence-electron chi connectivity index (χ2n) is 6.75. The summed E-state index contributed by atoms with van der Waals surface area (Å²) in [5.41, 5.74) is 3.91. The van der Waals surface area contributed by atoms with Crippen molar-refractivity contribution < 1.29 is 14.8 Å². The van der Waals surface area contributed by atoms with Gasteiger partial charge in [0.15, 0.2) is 0 Å². The first kappa shape index (κ1) is 18.3. The molecular formula is C19H21BClN3O3. The number of halogens is 1. The summed E-state index contributed by atoms with van der Waals surface area (Å²) in [7, 11) is -1.58. The molecule has 2 N–H and O–H groups in total. The first-order chi connectivity index (χ1) is 13.0. The molecule has 0 unspecified atom stereocenters. The average Bonchev–Trinajstić information content (AvgIpc) is 2.97. The lowest BCUT2D eigenvalue weighted by Crippen LogP contribution is -2.38. The second kappa shape index (κ2) is 7.52. The predicted molar refractivity (Wildman–Crippen MR) is 108 cm³/mol. The average molecular weight is 386 g/mol. The number of hydrogen-bond donors (Lipinski definition) is 2. The molecular weight excluding hydrogens is 364 g/mol. The SMILES string of the molecule is Cc1nc2c(B(O)O)cc(N3CCOCC3)cc2n1Cc1cccc(Cl)c1. The molecule has 6 nitrogen and oxygen atoms in total. The van der Waals surface area contributed by atoms with Crippen LogP contribution in [0.3, 0.4) is 0 Å². The van der Waals surface area contributed by atoms with E-state index in [0.29, 0.717) is 35.8 Å². The van der Waals surface area contributed by atoms with Crippen molar-refractivity contribution in [1.82, 2.24) is 9.55 Å². The van der Waals surface area contributed by atoms with Gasteiger partial charge in [0.05, 0.1) is 24.2 Å². The van der Waals surface area contributed by atoms with Crippen LogP contribution >= 0.6 is 11.6 Å². The minimum atomic E-state index is -1.58. The molecule has 1 aromatic heterocycles. The minimum absolute atomic E-state index is 0.418. The van der Waals surface area contributed by atoms with Gasteiger partial charge in [0.1, 0.15) is 5.82 Å². The molecule has 0 radical (unpaired) electrons. The Kier molecular flexibility index (Phi) is 5.10. The quantitative estimate of drug-likeness (QED) is 0.667. The van der Waals surface area contributed by atoms with E-state index < -0.39 is 7.12 Å². The Morgan fingerprint density at radius 3 is 2.67 bits per heavy atom. The molecule has 3 aromatic rings. The summed E-state index contributed by atoms with van der Waals surface area (Å²) < 4.78 is 7.51. The molecule has 1 aliphatic heterocycles. The molecule has 1 fully saturated rings. The summed E-state index contributed by atoms with van der Waals surface area (Å²) in [6.45, 7) is 5.40. The van der Waals surface area contributed by atoms with Crippen LogP contribution in [0.15, 0.2) is 36.4 Å². The van der Waals surface area contributed by atoms with Crippen molar-refractivity contribution in [2.45, 2.75) is 13.5 Å². The number of rotatable bonds is 4. The molecule has 0 saturated carbocycles. The fraction of sp³-hybridized carbons (Fsp3) is 0.316. The molecule has 0 spiro atoms. The maximum absolute atomic E-state index is 9.92. The standard InChI is InChI=1S/C19H21BClN3O3/c1-13-22-19-17(20(25)26)10-16(23-5-7-27-8-6-23)11-18(19)24(13)12-14-3-2-4-15(21)9-14/h2-4,9-11,25-26H,5-8,12H2,1H3. The van der Waals surface area contributed by atoms with E-state index in [1.165, 1.54) is 0 Å². The van der Waals surface area contributed by atoms with Gasteiger partial charge in [-0.1, -0.05) is 23.7 Å². The first-order valence-corrected chi connectivity index (χ1v) is 9.35. The van der Waals surface area contributed by atoms with Crippen LogP contribution in [0.4, 0.5) is 5.69 Å². The molecule has 4 rings (SSSR count). The summed E-state index contributed by atoms with van der Waals surface area (Å²) in [5, 5.41) is 20.5. The first-order valence-electron chi connectivity index (χ1n) is 8.97. The Bertz CT molecular complexity index is 970. The second-order valence-corrected chi connectivity index (χ2v) is 7.19. The van der Waals surface area contributed by atoms with E-state index in [4.69, 9.17) is 16.3 Å². The molecule has 0 atom stereocenters. The van der Waals surface area contributed by atoms with E-state index in [9.17, 15) is 10.0 Å². The molecule has 27 heavy (non-hydrogen) atoms. The van der Waals surface area contributed by atoms with Gasteiger partial charge in [-0.25, -0.2) is 4.98 Å². The maximum atomic E-state index is 9.92. The lowest BCUT2D eigenvalue weighted by Gasteiger charge is -2.29. The lowest BCUT2D eigenvalue weighted by atomic mass is 9.79. The van der Waals surface area contributed by atoms with E-state index in [-0.39, 0.29) is 0 Å². The number of morpholine rings is 1. The van der Waals surface area contributed by atoms with Crippen molar-refractivity contribution in [1.29, 1.82) is 0 Å². The number of aryl methyl sites for hydroxylation is 1. The van der Waals surface area contributed by atoms with Gasteiger partial charge in [0.25, 0.3) is 0 Å². The van der Waals surface area contributed by atoms with Crippen LogP contribution in [-0.4, -0.2) is 53.0 Å². The third kappa shape index (κ3) is 3.68. The van der Waals surface area contributed by atoms with E-state index in [1.54, 1.807) is 0 Å². The van der Waals surface area contributed by atoms with E-state index >= 15 is 0 Å². The highest BCUT2D eigenvalue weighted by atomic mass is 35.5. The van der Waals surface area contributed by atoms with Crippen molar-refractivity contribution in [3.8, 4) is 0 Å². The van der Waals surface area contributed by atoms with Crippen LogP contribution in [0.2, 0.25) is 5.02 Å². The van der Waals surface area contributed by atoms with Crippen molar-refractivity contribution in [2.75, 3.05) is 31.2 Å². The fourth-order valence-corrected chi connectivity index (χ4v) is 3.78. The van der Waals surface area contributed by atoms with E-state index in [0.717, 1.165) is 35.7 Å². The zero-order chi connectivity index (χ0) is 19.0. The summed E-state index contributed by atoms with van der Waals surface area (Å²) in [4.78, 5) is 6.80. The smallest absolute Gasteiger partial charge is 0.423 e. The number of nitrogens with zero attached hydrogens (tertiary/aromatic N) is 3. The number of aromatic nitrogens is 2. The zero-order valence-corrected chi connectivity index (χ0v) is 15.9. The van der Waals surface area contributed by atoms with E-state index in [2.05, 4.69) is 20.5 Å². The van der Waals surface area contributed by atoms with Crippen LogP contribution < -0.4 is 10.4 Å². The highest BCUT2D eigenvalue weighted by molar-refractivity contribution is 6.61. The van der Waals surface area contributed by atoms with Gasteiger partial charge in [0, 0.05) is 35.8 Å². The maximum Gasteiger partial charge on any atom is 0.490 e. The Labute approximate surface area is 163 Å². The number of benzene rings is 2. The van der Waals surface area contributed by atoms with Gasteiger partial charge in [-0.05, 0) is 36.8 Å². The highest BCUT2D eigenvalue weighted by Gasteiger charge is 2.23. The molecule has 8 heteroatoms. The molecule has 1 saturated heterocycles. The Hall–Kier alpha value is -2.06. The van der Waals surface area contributed by atoms with Gasteiger partial charge < -0.3 is 24.3 Å². The minimum Gasteiger partial charge on any atom is -0.423 e. The van der Waals surface area contributed by atoms with Gasteiger partial charge in [-0.15, -0.1) is 0 Å². The Balaban J connectivity index is 1.83. The van der Waals surface area contributed by atoms with Crippen LogP contribution in [0.5, 0.6) is 0 Å². The third-order valence-corrected chi connectivity index (χ3v) is 5.18. The predicted octanol–water partition coefficient (Wildman–Crippen LogP) is 1.56. The highest BCUT2D eigenvalue weighted by Crippen LogP contribution is 2.24. The van der Waals surface area contributed by atoms with E-state index in [1.807, 2.05) is 37.3 Å². The number of imidazole rings is 1. The summed E-state index contributed by atoms with van der Waals surface area (Å²) in [6, 6.07) is 11.6. The third-order valence-electron chi connectivity index (χ3n) is 4.94. The monoisotopic (exact) mass is 385 g/mol. The van der Waals surface area contributed by atoms with Crippen LogP contribution in [0.1, 0.15) is 11.4 Å². The molecule has 0 bridgehead atoms. The number of hydrogen-bond acceptors (Lipinski definition) is 5. The lowest BCUT2D eigenvalue weighted by molar-refractivity contribution is 0.122. The Morgan fingerprint density at radius 1 is 1.19 bits per heavy atom. The van der Waals surface area contributed by atoms with Gasteiger partial charge in [0.2, 0.25) is 0 Å².